The zero-order valence-corrected chi connectivity index (χ0v) is 14.1. The molecule has 126 valence electrons. The fourth-order valence-corrected chi connectivity index (χ4v) is 2.74. The fraction of sp³-hybridized carbons (Fsp3) is 0.316. The van der Waals surface area contributed by atoms with E-state index in [-0.39, 0.29) is 6.03 Å². The number of likely N-dealkylation sites (N-methyl/N-ethyl adjacent to an activating group) is 1. The van der Waals surface area contributed by atoms with Gasteiger partial charge in [-0.25, -0.2) is 4.79 Å². The second-order valence-corrected chi connectivity index (χ2v) is 5.89. The molecule has 0 spiro atoms. The van der Waals surface area contributed by atoms with Crippen LogP contribution in [0, 0.1) is 0 Å². The Balaban J connectivity index is 1.49. The van der Waals surface area contributed by atoms with Crippen molar-refractivity contribution >= 4 is 17.4 Å². The number of nitrogens with one attached hydrogen (secondary N) is 1. The minimum atomic E-state index is -0.0585. The average Bonchev–Trinajstić information content (AvgIpc) is 2.56. The van der Waals surface area contributed by atoms with Crippen molar-refractivity contribution in [3.05, 3.63) is 54.6 Å². The van der Waals surface area contributed by atoms with E-state index in [1.165, 1.54) is 5.69 Å². The summed E-state index contributed by atoms with van der Waals surface area (Å²) in [6, 6.07) is 18.0. The molecular weight excluding hydrogens is 302 g/mol. The third kappa shape index (κ3) is 3.62. The molecule has 0 radical (unpaired) electrons. The molecule has 1 N–H and O–H groups in total. The van der Waals surface area contributed by atoms with Crippen molar-refractivity contribution in [1.82, 2.24) is 4.90 Å². The van der Waals surface area contributed by atoms with Crippen LogP contribution in [0.25, 0.3) is 0 Å². The summed E-state index contributed by atoms with van der Waals surface area (Å²) in [5.41, 5.74) is 1.96. The van der Waals surface area contributed by atoms with E-state index in [2.05, 4.69) is 29.4 Å². The number of likely N-dealkylation sites (tertiary alicyclic amines) is 1. The molecule has 1 fully saturated rings. The van der Waals surface area contributed by atoms with Crippen LogP contribution >= 0.6 is 0 Å². The molecule has 0 aromatic heterocycles. The Labute approximate surface area is 142 Å². The average molecular weight is 325 g/mol. The van der Waals surface area contributed by atoms with Crippen LogP contribution in [0.1, 0.15) is 6.92 Å². The summed E-state index contributed by atoms with van der Waals surface area (Å²) < 4.78 is 5.40. The number of carbonyl (C=O) groups is 1. The Morgan fingerprint density at radius 3 is 2.46 bits per heavy atom. The Morgan fingerprint density at radius 2 is 1.83 bits per heavy atom. The number of nitrogens with zero attached hydrogens (tertiary/aromatic N) is 2. The van der Waals surface area contributed by atoms with Gasteiger partial charge in [0, 0.05) is 31.5 Å². The molecule has 2 aromatic carbocycles. The van der Waals surface area contributed by atoms with E-state index in [0.717, 1.165) is 24.5 Å². The van der Waals surface area contributed by atoms with Crippen molar-refractivity contribution < 1.29 is 9.53 Å². The molecule has 1 saturated heterocycles. The molecule has 5 nitrogen and oxygen atoms in total. The molecule has 0 aliphatic carbocycles. The van der Waals surface area contributed by atoms with E-state index in [9.17, 15) is 4.79 Å². The molecule has 2 aromatic rings. The first-order valence-electron chi connectivity index (χ1n) is 8.24. The van der Waals surface area contributed by atoms with E-state index in [1.54, 1.807) is 0 Å². The number of ether oxygens (including phenoxy) is 1. The topological polar surface area (TPSA) is 44.8 Å². The number of urea groups is 1. The minimum absolute atomic E-state index is 0.0585. The van der Waals surface area contributed by atoms with Crippen LogP contribution in [0.3, 0.4) is 0 Å². The summed E-state index contributed by atoms with van der Waals surface area (Å²) in [6.07, 6.45) is 0. The number of amides is 2. The third-order valence-electron chi connectivity index (χ3n) is 4.28. The van der Waals surface area contributed by atoms with Crippen LogP contribution in [0.5, 0.6) is 5.75 Å². The minimum Gasteiger partial charge on any atom is -0.494 e. The Hall–Kier alpha value is -2.69. The van der Waals surface area contributed by atoms with Gasteiger partial charge in [0.15, 0.2) is 0 Å². The number of hydrogen-bond donors (Lipinski definition) is 1. The van der Waals surface area contributed by atoms with Gasteiger partial charge in [0.2, 0.25) is 0 Å². The Morgan fingerprint density at radius 1 is 1.17 bits per heavy atom. The number of hydrogen-bond acceptors (Lipinski definition) is 3. The third-order valence-corrected chi connectivity index (χ3v) is 4.28. The lowest BCUT2D eigenvalue weighted by Gasteiger charge is -2.44. The summed E-state index contributed by atoms with van der Waals surface area (Å²) in [5, 5.41) is 2.93. The highest BCUT2D eigenvalue weighted by atomic mass is 16.5. The number of rotatable bonds is 5. The number of carbonyl (C=O) groups excluding carboxylic acids is 1. The lowest BCUT2D eigenvalue weighted by atomic mass is 10.1. The molecule has 0 saturated carbocycles. The number of anilines is 2. The van der Waals surface area contributed by atoms with Gasteiger partial charge in [0.25, 0.3) is 0 Å². The first-order valence-corrected chi connectivity index (χ1v) is 8.24. The highest BCUT2D eigenvalue weighted by Crippen LogP contribution is 2.22. The van der Waals surface area contributed by atoms with Crippen LogP contribution < -0.4 is 15.0 Å². The van der Waals surface area contributed by atoms with E-state index < -0.39 is 0 Å². The van der Waals surface area contributed by atoms with Gasteiger partial charge in [-0.3, -0.25) is 0 Å². The molecule has 0 atom stereocenters. The maximum absolute atomic E-state index is 12.3. The van der Waals surface area contributed by atoms with Gasteiger partial charge < -0.3 is 19.9 Å². The van der Waals surface area contributed by atoms with Crippen molar-refractivity contribution in [3.63, 3.8) is 0 Å². The van der Waals surface area contributed by atoms with Gasteiger partial charge in [0.05, 0.1) is 12.6 Å². The molecule has 0 bridgehead atoms. The lowest BCUT2D eigenvalue weighted by Crippen LogP contribution is -2.61. The van der Waals surface area contributed by atoms with Crippen molar-refractivity contribution in [2.75, 3.05) is 37.0 Å². The van der Waals surface area contributed by atoms with Crippen LogP contribution in [-0.4, -0.2) is 43.7 Å². The normalized spacial score (nSPS) is 14.0. The van der Waals surface area contributed by atoms with Gasteiger partial charge >= 0.3 is 6.03 Å². The largest absolute Gasteiger partial charge is 0.494 e. The lowest BCUT2D eigenvalue weighted by molar-refractivity contribution is 0.163. The molecule has 24 heavy (non-hydrogen) atoms. The SMILES string of the molecule is CCOc1ccc(NC(=O)N2CC(N(C)c3ccccc3)C2)cc1. The van der Waals surface area contributed by atoms with Crippen LogP contribution in [0.4, 0.5) is 16.2 Å². The predicted octanol–water partition coefficient (Wildman–Crippen LogP) is 3.44. The first kappa shape index (κ1) is 16.2. The second kappa shape index (κ2) is 7.25. The molecule has 3 rings (SSSR count). The smallest absolute Gasteiger partial charge is 0.321 e. The standard InChI is InChI=1S/C19H23N3O2/c1-3-24-18-11-9-15(10-12-18)20-19(23)22-13-17(14-22)21(2)16-7-5-4-6-8-16/h4-12,17H,3,13-14H2,1-2H3,(H,20,23). The van der Waals surface area contributed by atoms with Gasteiger partial charge in [-0.2, -0.15) is 0 Å². The van der Waals surface area contributed by atoms with Crippen molar-refractivity contribution in [3.8, 4) is 5.75 Å². The maximum Gasteiger partial charge on any atom is 0.321 e. The first-order chi connectivity index (χ1) is 11.7. The highest BCUT2D eigenvalue weighted by Gasteiger charge is 2.33. The summed E-state index contributed by atoms with van der Waals surface area (Å²) >= 11 is 0. The Bertz CT molecular complexity index is 667. The maximum atomic E-state index is 12.3. The van der Waals surface area contributed by atoms with Crippen LogP contribution in [0.2, 0.25) is 0 Å². The Kier molecular flexibility index (Phi) is 4.89. The van der Waals surface area contributed by atoms with E-state index in [4.69, 9.17) is 4.74 Å². The van der Waals surface area contributed by atoms with Crippen molar-refractivity contribution in [2.24, 2.45) is 0 Å². The molecule has 2 amide bonds. The zero-order valence-electron chi connectivity index (χ0n) is 14.1. The van der Waals surface area contributed by atoms with E-state index in [1.807, 2.05) is 54.3 Å². The summed E-state index contributed by atoms with van der Waals surface area (Å²) in [4.78, 5) is 16.3. The monoisotopic (exact) mass is 325 g/mol. The molecular formula is C19H23N3O2. The quantitative estimate of drug-likeness (QED) is 0.916. The molecule has 1 heterocycles. The molecule has 1 aliphatic heterocycles. The van der Waals surface area contributed by atoms with Crippen LogP contribution in [-0.2, 0) is 0 Å². The van der Waals surface area contributed by atoms with E-state index >= 15 is 0 Å². The van der Waals surface area contributed by atoms with Gasteiger partial charge in [-0.05, 0) is 43.3 Å². The zero-order chi connectivity index (χ0) is 16.9. The summed E-state index contributed by atoms with van der Waals surface area (Å²) in [5.74, 6) is 0.809. The van der Waals surface area contributed by atoms with Gasteiger partial charge in [0.1, 0.15) is 5.75 Å². The molecule has 1 aliphatic rings. The summed E-state index contributed by atoms with van der Waals surface area (Å²) in [6.45, 7) is 4.04. The predicted molar refractivity (Wildman–Crippen MR) is 96.8 cm³/mol. The van der Waals surface area contributed by atoms with E-state index in [0.29, 0.717) is 12.6 Å². The van der Waals surface area contributed by atoms with Crippen molar-refractivity contribution in [2.45, 2.75) is 13.0 Å². The highest BCUT2D eigenvalue weighted by molar-refractivity contribution is 5.90. The molecule has 5 heteroatoms. The number of benzene rings is 2. The molecule has 0 unspecified atom stereocenters. The van der Waals surface area contributed by atoms with Gasteiger partial charge in [-0.15, -0.1) is 0 Å². The number of para-hydroxylation sites is 1. The van der Waals surface area contributed by atoms with Crippen molar-refractivity contribution in [1.29, 1.82) is 0 Å². The van der Waals surface area contributed by atoms with Crippen LogP contribution in [0.15, 0.2) is 54.6 Å². The fourth-order valence-electron chi connectivity index (χ4n) is 2.74. The summed E-state index contributed by atoms with van der Waals surface area (Å²) in [7, 11) is 2.07. The van der Waals surface area contributed by atoms with Gasteiger partial charge in [-0.1, -0.05) is 18.2 Å². The second-order valence-electron chi connectivity index (χ2n) is 5.89.